The second-order valence-corrected chi connectivity index (χ2v) is 9.42. The van der Waals surface area contributed by atoms with Crippen molar-refractivity contribution in [2.45, 2.75) is 37.7 Å². The number of ether oxygens (including phenoxy) is 2. The first kappa shape index (κ1) is 21.8. The van der Waals surface area contributed by atoms with Crippen LogP contribution in [-0.2, 0) is 14.0 Å². The number of hydrogen-bond donors (Lipinski definition) is 2. The normalized spacial score (nSPS) is 31.7. The summed E-state index contributed by atoms with van der Waals surface area (Å²) < 4.78 is 50.4. The summed E-state index contributed by atoms with van der Waals surface area (Å²) in [6.07, 6.45) is 4.53. The van der Waals surface area contributed by atoms with Crippen LogP contribution in [0.15, 0.2) is 23.8 Å². The van der Waals surface area contributed by atoms with Crippen LogP contribution in [0.25, 0.3) is 5.76 Å². The van der Waals surface area contributed by atoms with Crippen LogP contribution in [0.1, 0.15) is 41.8 Å². The summed E-state index contributed by atoms with van der Waals surface area (Å²) in [5.41, 5.74) is 1.15. The first-order chi connectivity index (χ1) is 13.9. The SMILES string of the molecule is [2H]C([2H])([2H])OC(=C1C2CC3CC1CC(OC)(C3)C2)c1ccc(Cl)c(OP(=O)(O)O)c1.[Na+].[Na+]. The minimum absolute atomic E-state index is 0. The molecule has 0 aromatic heterocycles. The molecule has 0 radical (unpaired) electrons. The molecule has 0 saturated heterocycles. The summed E-state index contributed by atoms with van der Waals surface area (Å²) in [4.78, 5) is 18.3. The smallest absolute Gasteiger partial charge is 0.496 e. The van der Waals surface area contributed by atoms with Crippen LogP contribution < -0.4 is 63.6 Å². The number of hydrogen-bond acceptors (Lipinski definition) is 4. The molecule has 6 nitrogen and oxygen atoms in total. The zero-order valence-electron chi connectivity index (χ0n) is 19.9. The van der Waals surface area contributed by atoms with E-state index < -0.39 is 14.9 Å². The number of benzene rings is 1. The van der Waals surface area contributed by atoms with Gasteiger partial charge in [0.1, 0.15) is 5.76 Å². The predicted molar refractivity (Wildman–Crippen MR) is 101 cm³/mol. The zero-order valence-corrected chi connectivity index (χ0v) is 22.5. The largest absolute Gasteiger partial charge is 1.00 e. The fourth-order valence-electron chi connectivity index (χ4n) is 5.46. The van der Waals surface area contributed by atoms with Crippen molar-refractivity contribution in [1.82, 2.24) is 0 Å². The number of methoxy groups -OCH3 is 2. The van der Waals surface area contributed by atoms with Gasteiger partial charge in [-0.25, -0.2) is 4.57 Å². The summed E-state index contributed by atoms with van der Waals surface area (Å²) in [6.45, 7) is 0. The third-order valence-corrected chi connectivity index (χ3v) is 6.97. The van der Waals surface area contributed by atoms with E-state index in [9.17, 15) is 4.57 Å². The van der Waals surface area contributed by atoms with Gasteiger partial charge >= 0.3 is 66.9 Å². The second kappa shape index (κ2) is 9.84. The Kier molecular flexibility index (Phi) is 7.39. The van der Waals surface area contributed by atoms with Crippen LogP contribution in [-0.4, -0.2) is 29.5 Å². The van der Waals surface area contributed by atoms with Crippen molar-refractivity contribution in [2.75, 3.05) is 14.1 Å². The molecule has 4 saturated carbocycles. The molecule has 1 aromatic rings. The minimum Gasteiger partial charge on any atom is -0.496 e. The predicted octanol–water partition coefficient (Wildman–Crippen LogP) is -1.60. The van der Waals surface area contributed by atoms with Gasteiger partial charge in [0, 0.05) is 12.7 Å². The first-order valence-electron chi connectivity index (χ1n) is 10.4. The molecule has 2 N–H and O–H groups in total. The number of phosphoric ester groups is 1. The Balaban J connectivity index is 0.00000181. The van der Waals surface area contributed by atoms with E-state index in [1.165, 1.54) is 12.1 Å². The molecule has 148 valence electrons. The van der Waals surface area contributed by atoms with Crippen LogP contribution in [0.2, 0.25) is 5.02 Å². The molecule has 0 amide bonds. The molecule has 0 aliphatic heterocycles. The molecule has 29 heavy (non-hydrogen) atoms. The van der Waals surface area contributed by atoms with Gasteiger partial charge in [0.2, 0.25) is 0 Å². The third-order valence-electron chi connectivity index (χ3n) is 6.22. The van der Waals surface area contributed by atoms with Crippen molar-refractivity contribution in [1.29, 1.82) is 0 Å². The van der Waals surface area contributed by atoms with Gasteiger partial charge in [0.15, 0.2) is 5.75 Å². The zero-order chi connectivity index (χ0) is 21.9. The van der Waals surface area contributed by atoms with E-state index >= 15 is 0 Å². The van der Waals surface area contributed by atoms with E-state index in [4.69, 9.17) is 35.0 Å². The molecular weight excluding hydrogens is 437 g/mol. The molecule has 10 heteroatoms. The van der Waals surface area contributed by atoms with E-state index in [1.807, 2.05) is 0 Å². The fourth-order valence-corrected chi connectivity index (χ4v) is 6.08. The van der Waals surface area contributed by atoms with Gasteiger partial charge < -0.3 is 14.0 Å². The summed E-state index contributed by atoms with van der Waals surface area (Å²) in [6, 6.07) is 4.32. The van der Waals surface area contributed by atoms with Gasteiger partial charge in [-0.05, 0) is 73.6 Å². The number of phosphoric acid groups is 1. The second-order valence-electron chi connectivity index (χ2n) is 7.84. The molecule has 0 heterocycles. The first-order valence-corrected chi connectivity index (χ1v) is 10.8. The van der Waals surface area contributed by atoms with E-state index in [0.29, 0.717) is 11.5 Å². The Morgan fingerprint density at radius 2 is 1.90 bits per heavy atom. The van der Waals surface area contributed by atoms with E-state index in [2.05, 4.69) is 4.52 Å². The standard InChI is InChI=1S/C19H24ClO6P.2Na/c1-24-18(12-3-4-15(20)16(7-12)26-27(21,22)23)17-13-5-11-6-14(17)10-19(8-11,9-13)25-2;;/h3-4,7,11,13-14H,5-6,8-10H2,1-2H3,(H2,21,22,23);;/q;2*+1/i1D3;;. The maximum atomic E-state index is 11.3. The molecule has 2 atom stereocenters. The minimum atomic E-state index is -4.84. The van der Waals surface area contributed by atoms with Crippen molar-refractivity contribution in [3.63, 3.8) is 0 Å². The van der Waals surface area contributed by atoms with Gasteiger partial charge in [0.25, 0.3) is 0 Å². The van der Waals surface area contributed by atoms with Gasteiger partial charge in [-0.1, -0.05) is 11.6 Å². The van der Waals surface area contributed by atoms with Crippen LogP contribution in [0.5, 0.6) is 5.75 Å². The quantitative estimate of drug-likeness (QED) is 0.311. The topological polar surface area (TPSA) is 85.2 Å². The van der Waals surface area contributed by atoms with Crippen LogP contribution >= 0.6 is 19.4 Å². The van der Waals surface area contributed by atoms with Crippen molar-refractivity contribution >= 4 is 25.2 Å². The van der Waals surface area contributed by atoms with E-state index in [0.717, 1.165) is 37.7 Å². The molecule has 5 rings (SSSR count). The summed E-state index contributed by atoms with van der Waals surface area (Å²) in [5, 5.41) is 0.00345. The average molecular weight is 464 g/mol. The average Bonchev–Trinajstić information content (AvgIpc) is 2.60. The third kappa shape index (κ3) is 5.31. The summed E-state index contributed by atoms with van der Waals surface area (Å²) >= 11 is 6.03. The van der Waals surface area contributed by atoms with Crippen molar-refractivity contribution in [3.05, 3.63) is 34.4 Å². The monoisotopic (exact) mass is 463 g/mol. The Hall–Kier alpha value is 0.960. The van der Waals surface area contributed by atoms with Gasteiger partial charge in [-0.15, -0.1) is 0 Å². The molecule has 4 aliphatic carbocycles. The number of allylic oxidation sites excluding steroid dienone is 1. The van der Waals surface area contributed by atoms with Crippen LogP contribution in [0.3, 0.4) is 0 Å². The van der Waals surface area contributed by atoms with Crippen molar-refractivity contribution < 1.29 is 91.6 Å². The van der Waals surface area contributed by atoms with E-state index in [1.54, 1.807) is 13.2 Å². The van der Waals surface area contributed by atoms with Gasteiger partial charge in [-0.2, -0.15) is 0 Å². The number of rotatable bonds is 5. The number of halogens is 1. The van der Waals surface area contributed by atoms with Crippen LogP contribution in [0.4, 0.5) is 0 Å². The van der Waals surface area contributed by atoms with Gasteiger partial charge in [-0.3, -0.25) is 9.79 Å². The Bertz CT molecular complexity index is 920. The van der Waals surface area contributed by atoms with Crippen molar-refractivity contribution in [2.24, 2.45) is 17.8 Å². The van der Waals surface area contributed by atoms with Gasteiger partial charge in [0.05, 0.1) is 21.8 Å². The Morgan fingerprint density at radius 1 is 1.24 bits per heavy atom. The molecule has 4 fully saturated rings. The molecular formula is C19H24ClNa2O6P+2. The molecule has 4 aliphatic rings. The fraction of sp³-hybridized carbons (Fsp3) is 0.579. The molecule has 2 unspecified atom stereocenters. The van der Waals surface area contributed by atoms with Crippen molar-refractivity contribution in [3.8, 4) is 5.75 Å². The molecule has 1 aromatic carbocycles. The van der Waals surface area contributed by atoms with Crippen LogP contribution in [0, 0.1) is 17.8 Å². The molecule has 0 spiro atoms. The Morgan fingerprint density at radius 3 is 2.45 bits per heavy atom. The molecule has 4 bridgehead atoms. The Labute approximate surface area is 224 Å². The van der Waals surface area contributed by atoms with E-state index in [-0.39, 0.29) is 93.1 Å². The maximum absolute atomic E-state index is 11.3. The summed E-state index contributed by atoms with van der Waals surface area (Å²) in [5.74, 6) is 0.805. The summed E-state index contributed by atoms with van der Waals surface area (Å²) in [7, 11) is -5.78. The maximum Gasteiger partial charge on any atom is 1.00 e.